The SMILES string of the molecule is CC(C)(C)OC(=O)NC1(C2CCNC2)CCCC1. The van der Waals surface area contributed by atoms with Gasteiger partial charge in [0.2, 0.25) is 0 Å². The molecular weight excluding hydrogens is 228 g/mol. The minimum Gasteiger partial charge on any atom is -0.444 e. The summed E-state index contributed by atoms with van der Waals surface area (Å²) in [5.41, 5.74) is -0.441. The van der Waals surface area contributed by atoms with Gasteiger partial charge >= 0.3 is 6.09 Å². The molecule has 18 heavy (non-hydrogen) atoms. The summed E-state index contributed by atoms with van der Waals surface area (Å²) in [4.78, 5) is 12.0. The molecule has 1 heterocycles. The lowest BCUT2D eigenvalue weighted by Crippen LogP contribution is -2.53. The third kappa shape index (κ3) is 3.16. The number of nitrogens with one attached hydrogen (secondary N) is 2. The van der Waals surface area contributed by atoms with Gasteiger partial charge in [-0.05, 0) is 52.5 Å². The van der Waals surface area contributed by atoms with Crippen molar-refractivity contribution in [3.63, 3.8) is 0 Å². The molecule has 104 valence electrons. The number of carbonyl (C=O) groups excluding carboxylic acids is 1. The van der Waals surface area contributed by atoms with Crippen LogP contribution in [0.15, 0.2) is 0 Å². The average Bonchev–Trinajstić information content (AvgIpc) is 2.82. The minimum absolute atomic E-state index is 0.0220. The van der Waals surface area contributed by atoms with Crippen LogP contribution in [-0.4, -0.2) is 30.3 Å². The monoisotopic (exact) mass is 254 g/mol. The van der Waals surface area contributed by atoms with E-state index < -0.39 is 5.60 Å². The van der Waals surface area contributed by atoms with E-state index in [-0.39, 0.29) is 11.6 Å². The molecule has 2 rings (SSSR count). The van der Waals surface area contributed by atoms with Crippen LogP contribution in [0.3, 0.4) is 0 Å². The summed E-state index contributed by atoms with van der Waals surface area (Å²) in [6, 6.07) is 0. The molecule has 1 atom stereocenters. The molecule has 2 aliphatic rings. The fraction of sp³-hybridized carbons (Fsp3) is 0.929. The summed E-state index contributed by atoms with van der Waals surface area (Å²) in [5.74, 6) is 0.563. The van der Waals surface area contributed by atoms with Gasteiger partial charge in [0, 0.05) is 12.1 Å². The van der Waals surface area contributed by atoms with Crippen LogP contribution in [0.25, 0.3) is 0 Å². The maximum absolute atomic E-state index is 12.0. The summed E-state index contributed by atoms with van der Waals surface area (Å²) >= 11 is 0. The van der Waals surface area contributed by atoms with Gasteiger partial charge in [0.25, 0.3) is 0 Å². The standard InChI is InChI=1S/C14H26N2O2/c1-13(2,3)18-12(17)16-14(7-4-5-8-14)11-6-9-15-10-11/h11,15H,4-10H2,1-3H3,(H,16,17). The van der Waals surface area contributed by atoms with Gasteiger partial charge in [0.05, 0.1) is 0 Å². The Kier molecular flexibility index (Phi) is 3.85. The van der Waals surface area contributed by atoms with E-state index in [9.17, 15) is 4.79 Å². The second-order valence-electron chi connectivity index (χ2n) is 6.68. The van der Waals surface area contributed by atoms with Crippen molar-refractivity contribution in [3.8, 4) is 0 Å². The molecule has 4 heteroatoms. The number of carbonyl (C=O) groups is 1. The maximum Gasteiger partial charge on any atom is 0.408 e. The van der Waals surface area contributed by atoms with Crippen LogP contribution in [0.5, 0.6) is 0 Å². The number of alkyl carbamates (subject to hydrolysis) is 1. The van der Waals surface area contributed by atoms with Gasteiger partial charge in [-0.15, -0.1) is 0 Å². The van der Waals surface area contributed by atoms with E-state index in [1.165, 1.54) is 12.8 Å². The minimum atomic E-state index is -0.419. The van der Waals surface area contributed by atoms with Crippen LogP contribution < -0.4 is 10.6 Å². The molecule has 0 spiro atoms. The van der Waals surface area contributed by atoms with Crippen molar-refractivity contribution in [1.29, 1.82) is 0 Å². The van der Waals surface area contributed by atoms with Crippen molar-refractivity contribution in [3.05, 3.63) is 0 Å². The molecule has 0 bridgehead atoms. The van der Waals surface area contributed by atoms with Gasteiger partial charge in [-0.25, -0.2) is 4.79 Å². The molecule has 1 aliphatic carbocycles. The second-order valence-corrected chi connectivity index (χ2v) is 6.68. The van der Waals surface area contributed by atoms with Crippen LogP contribution in [0.4, 0.5) is 4.79 Å². The Hall–Kier alpha value is -0.770. The first-order valence-corrected chi connectivity index (χ1v) is 7.13. The summed E-state index contributed by atoms with van der Waals surface area (Å²) in [6.45, 7) is 7.82. The van der Waals surface area contributed by atoms with Gasteiger partial charge in [-0.3, -0.25) is 0 Å². The largest absolute Gasteiger partial charge is 0.444 e. The highest BCUT2D eigenvalue weighted by molar-refractivity contribution is 5.69. The highest BCUT2D eigenvalue weighted by Gasteiger charge is 2.44. The van der Waals surface area contributed by atoms with Crippen LogP contribution in [0.1, 0.15) is 52.9 Å². The first-order chi connectivity index (χ1) is 8.41. The summed E-state index contributed by atoms with van der Waals surface area (Å²) in [6.07, 6.45) is 5.53. The molecule has 1 aliphatic heterocycles. The van der Waals surface area contributed by atoms with E-state index in [0.717, 1.165) is 32.4 Å². The molecule has 0 aromatic heterocycles. The van der Waals surface area contributed by atoms with Crippen LogP contribution in [-0.2, 0) is 4.74 Å². The number of amides is 1. The maximum atomic E-state index is 12.0. The molecule has 1 saturated heterocycles. The number of rotatable bonds is 2. The molecule has 2 fully saturated rings. The van der Waals surface area contributed by atoms with E-state index in [0.29, 0.717) is 5.92 Å². The Morgan fingerprint density at radius 1 is 1.33 bits per heavy atom. The molecular formula is C14H26N2O2. The van der Waals surface area contributed by atoms with E-state index in [1.807, 2.05) is 20.8 Å². The molecule has 4 nitrogen and oxygen atoms in total. The average molecular weight is 254 g/mol. The molecule has 0 aromatic carbocycles. The van der Waals surface area contributed by atoms with Crippen LogP contribution in [0, 0.1) is 5.92 Å². The van der Waals surface area contributed by atoms with Gasteiger partial charge in [-0.1, -0.05) is 12.8 Å². The van der Waals surface area contributed by atoms with Gasteiger partial charge in [-0.2, -0.15) is 0 Å². The fourth-order valence-corrected chi connectivity index (χ4v) is 3.27. The zero-order valence-electron chi connectivity index (χ0n) is 11.8. The Labute approximate surface area is 110 Å². The number of ether oxygens (including phenoxy) is 1. The van der Waals surface area contributed by atoms with E-state index in [1.54, 1.807) is 0 Å². The molecule has 1 amide bonds. The lowest BCUT2D eigenvalue weighted by Gasteiger charge is -2.36. The molecule has 2 N–H and O–H groups in total. The zero-order valence-corrected chi connectivity index (χ0v) is 11.8. The van der Waals surface area contributed by atoms with E-state index in [4.69, 9.17) is 4.74 Å². The van der Waals surface area contributed by atoms with Crippen molar-refractivity contribution in [2.24, 2.45) is 5.92 Å². The normalized spacial score (nSPS) is 27.2. The van der Waals surface area contributed by atoms with Crippen molar-refractivity contribution in [2.75, 3.05) is 13.1 Å². The predicted molar refractivity (Wildman–Crippen MR) is 71.5 cm³/mol. The highest BCUT2D eigenvalue weighted by Crippen LogP contribution is 2.38. The summed E-state index contributed by atoms with van der Waals surface area (Å²) in [7, 11) is 0. The van der Waals surface area contributed by atoms with E-state index in [2.05, 4.69) is 10.6 Å². The van der Waals surface area contributed by atoms with Gasteiger partial charge in [0.15, 0.2) is 0 Å². The molecule has 1 unspecified atom stereocenters. The number of hydrogen-bond acceptors (Lipinski definition) is 3. The van der Waals surface area contributed by atoms with Crippen molar-refractivity contribution in [1.82, 2.24) is 10.6 Å². The Morgan fingerprint density at radius 2 is 2.00 bits per heavy atom. The Balaban J connectivity index is 2.00. The molecule has 0 radical (unpaired) electrons. The molecule has 1 saturated carbocycles. The quantitative estimate of drug-likeness (QED) is 0.795. The topological polar surface area (TPSA) is 50.4 Å². The van der Waals surface area contributed by atoms with Crippen molar-refractivity contribution < 1.29 is 9.53 Å². The summed E-state index contributed by atoms with van der Waals surface area (Å²) in [5, 5.41) is 6.59. The van der Waals surface area contributed by atoms with Crippen LogP contribution >= 0.6 is 0 Å². The van der Waals surface area contributed by atoms with Crippen LogP contribution in [0.2, 0.25) is 0 Å². The van der Waals surface area contributed by atoms with Gasteiger partial charge < -0.3 is 15.4 Å². The van der Waals surface area contributed by atoms with E-state index >= 15 is 0 Å². The third-order valence-electron chi connectivity index (χ3n) is 4.09. The highest BCUT2D eigenvalue weighted by atomic mass is 16.6. The first-order valence-electron chi connectivity index (χ1n) is 7.13. The third-order valence-corrected chi connectivity index (χ3v) is 4.09. The van der Waals surface area contributed by atoms with Crippen molar-refractivity contribution >= 4 is 6.09 Å². The summed E-state index contributed by atoms with van der Waals surface area (Å²) < 4.78 is 5.41. The zero-order chi connectivity index (χ0) is 13.2. The predicted octanol–water partition coefficient (Wildman–Crippen LogP) is 2.43. The number of hydrogen-bond donors (Lipinski definition) is 2. The van der Waals surface area contributed by atoms with Gasteiger partial charge in [0.1, 0.15) is 5.60 Å². The Morgan fingerprint density at radius 3 is 2.50 bits per heavy atom. The lowest BCUT2D eigenvalue weighted by atomic mass is 9.81. The first kappa shape index (κ1) is 13.7. The molecule has 0 aromatic rings. The smallest absolute Gasteiger partial charge is 0.408 e. The Bertz CT molecular complexity index is 297. The second kappa shape index (κ2) is 5.08. The lowest BCUT2D eigenvalue weighted by molar-refractivity contribution is 0.0416. The van der Waals surface area contributed by atoms with Crippen molar-refractivity contribution in [2.45, 2.75) is 64.0 Å². The fourth-order valence-electron chi connectivity index (χ4n) is 3.27.